The summed E-state index contributed by atoms with van der Waals surface area (Å²) in [7, 11) is -3.51. The fourth-order valence-corrected chi connectivity index (χ4v) is 4.41. The Morgan fingerprint density at radius 3 is 2.46 bits per heavy atom. The first kappa shape index (κ1) is 18.7. The predicted molar refractivity (Wildman–Crippen MR) is 105 cm³/mol. The second-order valence-electron chi connectivity index (χ2n) is 6.44. The summed E-state index contributed by atoms with van der Waals surface area (Å²) in [6, 6.07) is 11.9. The summed E-state index contributed by atoms with van der Waals surface area (Å²) in [6.07, 6.45) is 4.57. The molecule has 0 bridgehead atoms. The number of benzene rings is 2. The Bertz CT molecular complexity index is 922. The van der Waals surface area contributed by atoms with Crippen LogP contribution in [0, 0.1) is 0 Å². The Morgan fingerprint density at radius 1 is 1.08 bits per heavy atom. The number of hydrogen-bond donors (Lipinski definition) is 1. The number of hydrogen-bond acceptors (Lipinski definition) is 4. The summed E-state index contributed by atoms with van der Waals surface area (Å²) >= 11 is 5.95. The Hall–Kier alpha value is -2.05. The molecule has 2 aromatic rings. The fraction of sp³-hybridized carbons (Fsp3) is 0.316. The molecule has 5 nitrogen and oxygen atoms in total. The summed E-state index contributed by atoms with van der Waals surface area (Å²) in [5.74, 6) is -0.365. The zero-order valence-corrected chi connectivity index (χ0v) is 16.1. The second-order valence-corrected chi connectivity index (χ2v) is 8.83. The number of sulfone groups is 1. The van der Waals surface area contributed by atoms with E-state index in [0.29, 0.717) is 0 Å². The van der Waals surface area contributed by atoms with Crippen molar-refractivity contribution in [3.8, 4) is 0 Å². The minimum Gasteiger partial charge on any atom is -0.370 e. The zero-order valence-electron chi connectivity index (χ0n) is 14.5. The lowest BCUT2D eigenvalue weighted by Crippen LogP contribution is -2.30. The molecular formula is C19H21ClN2O3S. The van der Waals surface area contributed by atoms with Crippen LogP contribution < -0.4 is 10.2 Å². The Morgan fingerprint density at radius 2 is 1.77 bits per heavy atom. The number of anilines is 2. The van der Waals surface area contributed by atoms with E-state index in [9.17, 15) is 13.2 Å². The minimum absolute atomic E-state index is 0.0452. The van der Waals surface area contributed by atoms with Gasteiger partial charge in [-0.25, -0.2) is 8.42 Å². The summed E-state index contributed by atoms with van der Waals surface area (Å²) in [5, 5.41) is 3.01. The van der Waals surface area contributed by atoms with Gasteiger partial charge in [0.1, 0.15) is 0 Å². The molecule has 138 valence electrons. The van der Waals surface area contributed by atoms with Crippen molar-refractivity contribution in [3.05, 3.63) is 53.1 Å². The number of para-hydroxylation sites is 2. The molecule has 0 spiro atoms. The van der Waals surface area contributed by atoms with Gasteiger partial charge in [0, 0.05) is 24.9 Å². The maximum absolute atomic E-state index is 12.7. The van der Waals surface area contributed by atoms with E-state index in [-0.39, 0.29) is 21.4 Å². The van der Waals surface area contributed by atoms with Gasteiger partial charge in [-0.05, 0) is 49.6 Å². The lowest BCUT2D eigenvalue weighted by Gasteiger charge is -2.30. The number of piperidine rings is 1. The van der Waals surface area contributed by atoms with Crippen LogP contribution in [0.5, 0.6) is 0 Å². The first-order valence-corrected chi connectivity index (χ1v) is 10.8. The van der Waals surface area contributed by atoms with Gasteiger partial charge in [0.15, 0.2) is 9.84 Å². The summed E-state index contributed by atoms with van der Waals surface area (Å²) in [5.41, 5.74) is 1.95. The highest BCUT2D eigenvalue weighted by molar-refractivity contribution is 7.90. The number of nitrogens with one attached hydrogen (secondary N) is 1. The Balaban J connectivity index is 1.87. The van der Waals surface area contributed by atoms with Crippen molar-refractivity contribution in [2.24, 2.45) is 0 Å². The van der Waals surface area contributed by atoms with Crippen molar-refractivity contribution >= 4 is 38.7 Å². The summed E-state index contributed by atoms with van der Waals surface area (Å²) in [4.78, 5) is 14.9. The van der Waals surface area contributed by atoms with E-state index >= 15 is 0 Å². The predicted octanol–water partition coefficient (Wildman–Crippen LogP) is 3.99. The molecule has 1 saturated heterocycles. The van der Waals surface area contributed by atoms with Crippen LogP contribution >= 0.6 is 11.6 Å². The van der Waals surface area contributed by atoms with Gasteiger partial charge in [-0.15, -0.1) is 0 Å². The normalized spacial score (nSPS) is 14.9. The molecule has 1 N–H and O–H groups in total. The molecule has 3 rings (SSSR count). The Kier molecular flexibility index (Phi) is 5.53. The van der Waals surface area contributed by atoms with Crippen LogP contribution in [0.4, 0.5) is 11.4 Å². The van der Waals surface area contributed by atoms with E-state index in [1.807, 2.05) is 24.3 Å². The molecule has 1 aliphatic heterocycles. The van der Waals surface area contributed by atoms with Gasteiger partial charge < -0.3 is 10.2 Å². The summed E-state index contributed by atoms with van der Waals surface area (Å²) in [6.45, 7) is 1.93. The highest BCUT2D eigenvalue weighted by Crippen LogP contribution is 2.29. The fourth-order valence-electron chi connectivity index (χ4n) is 3.11. The molecule has 1 heterocycles. The molecule has 1 fully saturated rings. The van der Waals surface area contributed by atoms with Crippen molar-refractivity contribution in [1.29, 1.82) is 0 Å². The molecule has 1 amide bonds. The van der Waals surface area contributed by atoms with Crippen LogP contribution in [0.1, 0.15) is 29.6 Å². The highest BCUT2D eigenvalue weighted by Gasteiger charge is 2.18. The molecule has 0 atom stereocenters. The molecule has 7 heteroatoms. The molecule has 0 aromatic heterocycles. The van der Waals surface area contributed by atoms with Crippen molar-refractivity contribution in [2.45, 2.75) is 24.2 Å². The SMILES string of the molecule is CS(=O)(=O)c1cc(C(=O)Nc2ccccc2N2CCCCC2)ccc1Cl. The first-order valence-electron chi connectivity index (χ1n) is 8.51. The van der Waals surface area contributed by atoms with Crippen LogP contribution in [0.25, 0.3) is 0 Å². The zero-order chi connectivity index (χ0) is 18.7. The lowest BCUT2D eigenvalue weighted by molar-refractivity contribution is 0.102. The van der Waals surface area contributed by atoms with E-state index in [2.05, 4.69) is 10.2 Å². The third kappa shape index (κ3) is 4.19. The number of rotatable bonds is 4. The van der Waals surface area contributed by atoms with E-state index in [0.717, 1.165) is 43.6 Å². The molecule has 2 aromatic carbocycles. The van der Waals surface area contributed by atoms with Crippen molar-refractivity contribution in [3.63, 3.8) is 0 Å². The third-order valence-electron chi connectivity index (χ3n) is 4.44. The van der Waals surface area contributed by atoms with E-state index in [1.54, 1.807) is 0 Å². The molecule has 0 unspecified atom stereocenters. The highest BCUT2D eigenvalue weighted by atomic mass is 35.5. The maximum Gasteiger partial charge on any atom is 0.255 e. The average molecular weight is 393 g/mol. The van der Waals surface area contributed by atoms with E-state index in [4.69, 9.17) is 11.6 Å². The van der Waals surface area contributed by atoms with Crippen molar-refractivity contribution in [2.75, 3.05) is 29.6 Å². The van der Waals surface area contributed by atoms with Crippen LogP contribution in [0.2, 0.25) is 5.02 Å². The molecule has 1 aliphatic rings. The standard InChI is InChI=1S/C19H21ClN2O3S/c1-26(24,25)18-13-14(9-10-15(18)20)19(23)21-16-7-3-4-8-17(16)22-11-5-2-6-12-22/h3-4,7-10,13H,2,5-6,11-12H2,1H3,(H,21,23). The van der Waals surface area contributed by atoms with E-state index < -0.39 is 9.84 Å². The second kappa shape index (κ2) is 7.68. The lowest BCUT2D eigenvalue weighted by atomic mass is 10.1. The maximum atomic E-state index is 12.7. The monoisotopic (exact) mass is 392 g/mol. The molecule has 0 aliphatic carbocycles. The summed E-state index contributed by atoms with van der Waals surface area (Å²) < 4.78 is 23.6. The van der Waals surface area contributed by atoms with Gasteiger partial charge >= 0.3 is 0 Å². The largest absolute Gasteiger partial charge is 0.370 e. The van der Waals surface area contributed by atoms with Crippen molar-refractivity contribution in [1.82, 2.24) is 0 Å². The number of carbonyl (C=O) groups is 1. The number of carbonyl (C=O) groups excluding carboxylic acids is 1. The molecule has 0 radical (unpaired) electrons. The molecule has 26 heavy (non-hydrogen) atoms. The third-order valence-corrected chi connectivity index (χ3v) is 6.02. The van der Waals surface area contributed by atoms with Gasteiger partial charge in [0.25, 0.3) is 5.91 Å². The first-order chi connectivity index (χ1) is 12.4. The van der Waals surface area contributed by atoms with Crippen LogP contribution in [0.15, 0.2) is 47.4 Å². The van der Waals surface area contributed by atoms with Gasteiger partial charge in [0.05, 0.1) is 21.3 Å². The Labute approximate surface area is 158 Å². The molecule has 0 saturated carbocycles. The van der Waals surface area contributed by atoms with E-state index in [1.165, 1.54) is 24.6 Å². The van der Waals surface area contributed by atoms with Gasteiger partial charge in [-0.2, -0.15) is 0 Å². The van der Waals surface area contributed by atoms with Crippen LogP contribution in [-0.2, 0) is 9.84 Å². The topological polar surface area (TPSA) is 66.5 Å². The van der Waals surface area contributed by atoms with Gasteiger partial charge in [0.2, 0.25) is 0 Å². The number of halogens is 1. The van der Waals surface area contributed by atoms with Gasteiger partial charge in [-0.3, -0.25) is 4.79 Å². The smallest absolute Gasteiger partial charge is 0.255 e. The number of amides is 1. The minimum atomic E-state index is -3.51. The molecular weight excluding hydrogens is 372 g/mol. The van der Waals surface area contributed by atoms with Gasteiger partial charge in [-0.1, -0.05) is 23.7 Å². The van der Waals surface area contributed by atoms with Crippen LogP contribution in [0.3, 0.4) is 0 Å². The average Bonchev–Trinajstić information content (AvgIpc) is 2.62. The van der Waals surface area contributed by atoms with Crippen molar-refractivity contribution < 1.29 is 13.2 Å². The number of nitrogens with zero attached hydrogens (tertiary/aromatic N) is 1. The van der Waals surface area contributed by atoms with Crippen LogP contribution in [-0.4, -0.2) is 33.7 Å². The quantitative estimate of drug-likeness (QED) is 0.854.